The van der Waals surface area contributed by atoms with Gasteiger partial charge in [-0.05, 0) is 37.1 Å². The lowest BCUT2D eigenvalue weighted by Crippen LogP contribution is -2.36. The van der Waals surface area contributed by atoms with E-state index in [9.17, 15) is 8.42 Å². The summed E-state index contributed by atoms with van der Waals surface area (Å²) in [6, 6.07) is 5.80. The zero-order valence-electron chi connectivity index (χ0n) is 11.3. The van der Waals surface area contributed by atoms with Crippen LogP contribution in [0.3, 0.4) is 0 Å². The number of hydrogen-bond acceptors (Lipinski definition) is 4. The predicted octanol–water partition coefficient (Wildman–Crippen LogP) is 1.52. The molecule has 1 aromatic rings. The summed E-state index contributed by atoms with van der Waals surface area (Å²) < 4.78 is 31.9. The Hall–Kier alpha value is -1.11. The number of aliphatic hydroxyl groups is 1. The molecule has 5 nitrogen and oxygen atoms in total. The Kier molecular flexibility index (Phi) is 6.27. The summed E-state index contributed by atoms with van der Waals surface area (Å²) in [4.78, 5) is 0.170. The van der Waals surface area contributed by atoms with Crippen molar-refractivity contribution in [3.8, 4) is 5.75 Å². The molecule has 0 saturated carbocycles. The van der Waals surface area contributed by atoms with E-state index in [2.05, 4.69) is 4.72 Å². The molecule has 0 aliphatic rings. The number of sulfonamides is 1. The van der Waals surface area contributed by atoms with Gasteiger partial charge in [-0.2, -0.15) is 0 Å². The van der Waals surface area contributed by atoms with Crippen LogP contribution in [-0.4, -0.2) is 32.8 Å². The third-order valence-corrected chi connectivity index (χ3v) is 4.18. The van der Waals surface area contributed by atoms with Crippen molar-refractivity contribution in [1.29, 1.82) is 0 Å². The average molecular weight is 287 g/mol. The Bertz CT molecular complexity index is 466. The first kappa shape index (κ1) is 15.9. The van der Waals surface area contributed by atoms with E-state index in [-0.39, 0.29) is 11.5 Å². The van der Waals surface area contributed by atoms with Gasteiger partial charge in [-0.3, -0.25) is 0 Å². The zero-order chi connectivity index (χ0) is 14.3. The molecule has 108 valence electrons. The fourth-order valence-corrected chi connectivity index (χ4v) is 2.78. The highest BCUT2D eigenvalue weighted by molar-refractivity contribution is 7.89. The summed E-state index contributed by atoms with van der Waals surface area (Å²) in [6.45, 7) is 4.20. The molecule has 1 aromatic carbocycles. The Morgan fingerprint density at radius 2 is 1.89 bits per heavy atom. The molecule has 0 aliphatic carbocycles. The number of nitrogens with one attached hydrogen (secondary N) is 1. The highest BCUT2D eigenvalue weighted by Gasteiger charge is 2.18. The van der Waals surface area contributed by atoms with Gasteiger partial charge in [-0.15, -0.1) is 0 Å². The van der Waals surface area contributed by atoms with Crippen molar-refractivity contribution in [2.24, 2.45) is 0 Å². The van der Waals surface area contributed by atoms with Crippen LogP contribution in [0, 0.1) is 0 Å². The first-order valence-electron chi connectivity index (χ1n) is 6.39. The Balaban J connectivity index is 2.78. The van der Waals surface area contributed by atoms with Crippen LogP contribution in [0.2, 0.25) is 0 Å². The molecular weight excluding hydrogens is 266 g/mol. The molecule has 0 saturated heterocycles. The first-order chi connectivity index (χ1) is 9.03. The maximum Gasteiger partial charge on any atom is 0.240 e. The van der Waals surface area contributed by atoms with Crippen molar-refractivity contribution < 1.29 is 18.3 Å². The lowest BCUT2D eigenvalue weighted by molar-refractivity contribution is 0.254. The molecule has 0 fully saturated rings. The molecule has 0 heterocycles. The van der Waals surface area contributed by atoms with E-state index in [1.807, 2.05) is 13.8 Å². The minimum absolute atomic E-state index is 0.170. The predicted molar refractivity (Wildman–Crippen MR) is 73.7 cm³/mol. The van der Waals surface area contributed by atoms with E-state index in [0.717, 1.165) is 6.42 Å². The molecule has 6 heteroatoms. The maximum absolute atomic E-state index is 12.0. The zero-order valence-corrected chi connectivity index (χ0v) is 12.1. The number of benzene rings is 1. The van der Waals surface area contributed by atoms with Gasteiger partial charge < -0.3 is 9.84 Å². The van der Waals surface area contributed by atoms with Crippen molar-refractivity contribution >= 4 is 10.0 Å². The molecule has 1 rings (SSSR count). The van der Waals surface area contributed by atoms with Gasteiger partial charge in [0, 0.05) is 6.04 Å². The fourth-order valence-electron chi connectivity index (χ4n) is 1.47. The van der Waals surface area contributed by atoms with Gasteiger partial charge in [-0.25, -0.2) is 13.1 Å². The molecule has 1 atom stereocenters. The van der Waals surface area contributed by atoms with Gasteiger partial charge in [0.15, 0.2) is 0 Å². The first-order valence-corrected chi connectivity index (χ1v) is 7.87. The van der Waals surface area contributed by atoms with Crippen molar-refractivity contribution in [2.45, 2.75) is 37.6 Å². The van der Waals surface area contributed by atoms with Crippen LogP contribution in [0.25, 0.3) is 0 Å². The van der Waals surface area contributed by atoms with Crippen LogP contribution in [-0.2, 0) is 10.0 Å². The summed E-state index contributed by atoms with van der Waals surface area (Å²) in [6.07, 6.45) is 1.43. The Morgan fingerprint density at radius 1 is 1.26 bits per heavy atom. The van der Waals surface area contributed by atoms with Crippen molar-refractivity contribution in [2.75, 3.05) is 13.2 Å². The molecule has 0 radical (unpaired) electrons. The molecule has 0 aliphatic heterocycles. The van der Waals surface area contributed by atoms with Crippen molar-refractivity contribution in [3.63, 3.8) is 0 Å². The smallest absolute Gasteiger partial charge is 0.240 e. The van der Waals surface area contributed by atoms with Crippen LogP contribution in [0.1, 0.15) is 26.7 Å². The topological polar surface area (TPSA) is 75.6 Å². The van der Waals surface area contributed by atoms with Gasteiger partial charge in [0.1, 0.15) is 5.75 Å². The minimum Gasteiger partial charge on any atom is -0.494 e. The van der Waals surface area contributed by atoms with E-state index in [0.29, 0.717) is 18.8 Å². The molecule has 2 N–H and O–H groups in total. The van der Waals surface area contributed by atoms with Crippen LogP contribution >= 0.6 is 0 Å². The van der Waals surface area contributed by atoms with Gasteiger partial charge in [0.2, 0.25) is 10.0 Å². The van der Waals surface area contributed by atoms with E-state index in [1.54, 1.807) is 12.1 Å². The third kappa shape index (κ3) is 4.81. The summed E-state index contributed by atoms with van der Waals surface area (Å²) in [5.74, 6) is 0.648. The average Bonchev–Trinajstić information content (AvgIpc) is 2.43. The quantitative estimate of drug-likeness (QED) is 0.760. The summed E-state index contributed by atoms with van der Waals surface area (Å²) in [7, 11) is -3.59. The van der Waals surface area contributed by atoms with E-state index >= 15 is 0 Å². The summed E-state index contributed by atoms with van der Waals surface area (Å²) >= 11 is 0. The second-order valence-corrected chi connectivity index (χ2v) is 5.94. The molecule has 19 heavy (non-hydrogen) atoms. The molecule has 0 unspecified atom stereocenters. The standard InChI is InChI=1S/C13H21NO4S/c1-3-9-18-12-5-7-13(8-6-12)19(16,17)14-11(4-2)10-15/h5-8,11,14-15H,3-4,9-10H2,1-2H3/t11-/m1/s1. The lowest BCUT2D eigenvalue weighted by Gasteiger charge is -2.14. The molecular formula is C13H21NO4S. The third-order valence-electron chi connectivity index (χ3n) is 2.64. The van der Waals surface area contributed by atoms with E-state index in [4.69, 9.17) is 9.84 Å². The summed E-state index contributed by atoms with van der Waals surface area (Å²) in [5, 5.41) is 9.03. The lowest BCUT2D eigenvalue weighted by atomic mass is 10.3. The van der Waals surface area contributed by atoms with Crippen LogP contribution in [0.5, 0.6) is 5.75 Å². The normalized spacial score (nSPS) is 13.2. The van der Waals surface area contributed by atoms with Crippen LogP contribution in [0.15, 0.2) is 29.2 Å². The van der Waals surface area contributed by atoms with Gasteiger partial charge >= 0.3 is 0 Å². The Labute approximate surface area is 114 Å². The molecule has 0 bridgehead atoms. The van der Waals surface area contributed by atoms with Gasteiger partial charge in [-0.1, -0.05) is 13.8 Å². The SMILES string of the molecule is CCCOc1ccc(S(=O)(=O)N[C@H](CC)CO)cc1. The largest absolute Gasteiger partial charge is 0.494 e. The van der Waals surface area contributed by atoms with Crippen LogP contribution < -0.4 is 9.46 Å². The maximum atomic E-state index is 12.0. The highest BCUT2D eigenvalue weighted by atomic mass is 32.2. The molecule has 0 amide bonds. The van der Waals surface area contributed by atoms with E-state index in [1.165, 1.54) is 12.1 Å². The van der Waals surface area contributed by atoms with Gasteiger partial charge in [0.05, 0.1) is 18.1 Å². The van der Waals surface area contributed by atoms with Crippen molar-refractivity contribution in [1.82, 2.24) is 4.72 Å². The molecule has 0 aromatic heterocycles. The van der Waals surface area contributed by atoms with Crippen molar-refractivity contribution in [3.05, 3.63) is 24.3 Å². The second-order valence-electron chi connectivity index (χ2n) is 4.23. The number of hydrogen-bond donors (Lipinski definition) is 2. The highest BCUT2D eigenvalue weighted by Crippen LogP contribution is 2.16. The monoisotopic (exact) mass is 287 g/mol. The number of ether oxygens (including phenoxy) is 1. The number of aliphatic hydroxyl groups excluding tert-OH is 1. The molecule has 0 spiro atoms. The van der Waals surface area contributed by atoms with E-state index < -0.39 is 16.1 Å². The minimum atomic E-state index is -3.59. The summed E-state index contributed by atoms with van der Waals surface area (Å²) in [5.41, 5.74) is 0. The fraction of sp³-hybridized carbons (Fsp3) is 0.538. The van der Waals surface area contributed by atoms with Crippen LogP contribution in [0.4, 0.5) is 0 Å². The van der Waals surface area contributed by atoms with Gasteiger partial charge in [0.25, 0.3) is 0 Å². The number of rotatable bonds is 8. The Morgan fingerprint density at radius 3 is 2.37 bits per heavy atom. The second kappa shape index (κ2) is 7.47.